The fourth-order valence-corrected chi connectivity index (χ4v) is 2.51. The molecule has 0 radical (unpaired) electrons. The fourth-order valence-electron chi connectivity index (χ4n) is 2.51. The molecule has 1 unspecified atom stereocenters. The van der Waals surface area contributed by atoms with Gasteiger partial charge in [-0.25, -0.2) is 0 Å². The maximum absolute atomic E-state index is 11.9. The highest BCUT2D eigenvalue weighted by Crippen LogP contribution is 2.33. The number of nitrogens with one attached hydrogen (secondary N) is 1. The molecule has 2 saturated carbocycles. The summed E-state index contributed by atoms with van der Waals surface area (Å²) in [6, 6.07) is 0.297. The smallest absolute Gasteiger partial charge is 0.240 e. The van der Waals surface area contributed by atoms with Gasteiger partial charge < -0.3 is 11.1 Å². The predicted octanol–water partition coefficient (Wildman–Crippen LogP) is 1.56. The van der Waals surface area contributed by atoms with Crippen LogP contribution in [-0.2, 0) is 4.79 Å². The van der Waals surface area contributed by atoms with Gasteiger partial charge in [0.15, 0.2) is 0 Å². The summed E-state index contributed by atoms with van der Waals surface area (Å²) in [5.41, 5.74) is 5.53. The van der Waals surface area contributed by atoms with E-state index in [0.717, 1.165) is 38.0 Å². The Morgan fingerprint density at radius 3 is 2.60 bits per heavy atom. The summed E-state index contributed by atoms with van der Waals surface area (Å²) < 4.78 is 0. The van der Waals surface area contributed by atoms with E-state index >= 15 is 0 Å². The first-order valence-electron chi connectivity index (χ1n) is 6.20. The van der Waals surface area contributed by atoms with Gasteiger partial charge in [0.2, 0.25) is 5.91 Å². The van der Waals surface area contributed by atoms with Crippen LogP contribution in [0, 0.1) is 5.92 Å². The first-order chi connectivity index (χ1) is 7.10. The van der Waals surface area contributed by atoms with Gasteiger partial charge in [-0.3, -0.25) is 4.79 Å². The van der Waals surface area contributed by atoms with Crippen molar-refractivity contribution < 1.29 is 4.79 Å². The van der Waals surface area contributed by atoms with Crippen LogP contribution in [0.4, 0.5) is 0 Å². The summed E-state index contributed by atoms with van der Waals surface area (Å²) in [5, 5.41) is 3.07. The fraction of sp³-hybridized carbons (Fsp3) is 0.917. The quantitative estimate of drug-likeness (QED) is 0.740. The lowest BCUT2D eigenvalue weighted by Gasteiger charge is -2.25. The van der Waals surface area contributed by atoms with Gasteiger partial charge in [-0.1, -0.05) is 25.7 Å². The van der Waals surface area contributed by atoms with E-state index in [1.165, 1.54) is 12.8 Å². The van der Waals surface area contributed by atoms with Crippen LogP contribution in [0.1, 0.15) is 51.9 Å². The van der Waals surface area contributed by atoms with Gasteiger partial charge in [0.25, 0.3) is 0 Å². The average molecular weight is 210 g/mol. The Morgan fingerprint density at radius 2 is 2.07 bits per heavy atom. The number of hydrogen-bond acceptors (Lipinski definition) is 2. The maximum Gasteiger partial charge on any atom is 0.240 e. The third-order valence-electron chi connectivity index (χ3n) is 3.71. The van der Waals surface area contributed by atoms with E-state index in [4.69, 9.17) is 5.73 Å². The summed E-state index contributed by atoms with van der Waals surface area (Å²) in [4.78, 5) is 11.9. The molecule has 3 heteroatoms. The van der Waals surface area contributed by atoms with Crippen LogP contribution in [0.25, 0.3) is 0 Å². The number of carbonyl (C=O) groups is 1. The summed E-state index contributed by atoms with van der Waals surface area (Å²) >= 11 is 0. The van der Waals surface area contributed by atoms with Crippen molar-refractivity contribution in [3.05, 3.63) is 0 Å². The highest BCUT2D eigenvalue weighted by atomic mass is 16.2. The van der Waals surface area contributed by atoms with Crippen LogP contribution in [0.2, 0.25) is 0 Å². The van der Waals surface area contributed by atoms with Crippen molar-refractivity contribution in [3.63, 3.8) is 0 Å². The normalized spacial score (nSPS) is 26.3. The molecular weight excluding hydrogens is 188 g/mol. The van der Waals surface area contributed by atoms with E-state index in [1.807, 2.05) is 0 Å². The molecule has 15 heavy (non-hydrogen) atoms. The van der Waals surface area contributed by atoms with E-state index in [0.29, 0.717) is 6.04 Å². The van der Waals surface area contributed by atoms with Crippen LogP contribution in [0.15, 0.2) is 0 Å². The van der Waals surface area contributed by atoms with Crippen molar-refractivity contribution in [1.29, 1.82) is 0 Å². The topological polar surface area (TPSA) is 55.1 Å². The van der Waals surface area contributed by atoms with E-state index in [-0.39, 0.29) is 5.91 Å². The molecule has 0 aromatic carbocycles. The number of nitrogens with two attached hydrogens (primary N) is 1. The molecule has 0 spiro atoms. The van der Waals surface area contributed by atoms with Gasteiger partial charge in [0.05, 0.1) is 5.54 Å². The molecule has 0 aliphatic heterocycles. The molecular formula is C12H22N2O. The molecule has 0 saturated heterocycles. The molecule has 1 amide bonds. The molecule has 3 nitrogen and oxygen atoms in total. The van der Waals surface area contributed by atoms with Crippen molar-refractivity contribution in [2.45, 2.75) is 63.5 Å². The molecule has 0 bridgehead atoms. The Hall–Kier alpha value is -0.570. The second-order valence-electron chi connectivity index (χ2n) is 5.42. The molecule has 0 aromatic rings. The molecule has 0 heterocycles. The average Bonchev–Trinajstić information content (AvgIpc) is 2.86. The van der Waals surface area contributed by atoms with Gasteiger partial charge in [-0.15, -0.1) is 0 Å². The number of rotatable bonds is 4. The third kappa shape index (κ3) is 2.71. The van der Waals surface area contributed by atoms with Gasteiger partial charge in [0, 0.05) is 6.04 Å². The first-order valence-corrected chi connectivity index (χ1v) is 6.20. The van der Waals surface area contributed by atoms with E-state index < -0.39 is 5.54 Å². The Kier molecular flexibility index (Phi) is 3.01. The predicted molar refractivity (Wildman–Crippen MR) is 60.3 cm³/mol. The number of hydrogen-bond donors (Lipinski definition) is 2. The molecule has 2 rings (SSSR count). The highest BCUT2D eigenvalue weighted by molar-refractivity contribution is 5.86. The van der Waals surface area contributed by atoms with E-state index in [9.17, 15) is 4.79 Å². The second-order valence-corrected chi connectivity index (χ2v) is 5.42. The molecule has 2 aliphatic rings. The van der Waals surface area contributed by atoms with Crippen LogP contribution in [0.3, 0.4) is 0 Å². The minimum atomic E-state index is -0.558. The number of carbonyl (C=O) groups excluding carboxylic acids is 1. The summed E-state index contributed by atoms with van der Waals surface area (Å²) in [5.74, 6) is 0.936. The van der Waals surface area contributed by atoms with Crippen molar-refractivity contribution in [3.8, 4) is 0 Å². The Labute approximate surface area is 91.8 Å². The molecule has 3 N–H and O–H groups in total. The zero-order chi connectivity index (χ0) is 10.9. The largest absolute Gasteiger partial charge is 0.352 e. The monoisotopic (exact) mass is 210 g/mol. The van der Waals surface area contributed by atoms with Crippen LogP contribution >= 0.6 is 0 Å². The Balaban J connectivity index is 1.79. The molecule has 1 atom stereocenters. The van der Waals surface area contributed by atoms with Crippen molar-refractivity contribution in [2.24, 2.45) is 11.7 Å². The van der Waals surface area contributed by atoms with Crippen molar-refractivity contribution in [1.82, 2.24) is 5.32 Å². The SMILES string of the molecule is CC(CC1CC1)NC(=O)C1(N)CCCC1. The van der Waals surface area contributed by atoms with Crippen LogP contribution in [-0.4, -0.2) is 17.5 Å². The molecule has 0 aromatic heterocycles. The number of amides is 1. The lowest BCUT2D eigenvalue weighted by atomic mass is 9.97. The lowest BCUT2D eigenvalue weighted by Crippen LogP contribution is -2.54. The maximum atomic E-state index is 11.9. The van der Waals surface area contributed by atoms with Gasteiger partial charge in [0.1, 0.15) is 0 Å². The van der Waals surface area contributed by atoms with Gasteiger partial charge >= 0.3 is 0 Å². The standard InChI is InChI=1S/C12H22N2O/c1-9(8-10-4-5-10)14-11(15)12(13)6-2-3-7-12/h9-10H,2-8,13H2,1H3,(H,14,15). The van der Waals surface area contributed by atoms with Crippen molar-refractivity contribution in [2.75, 3.05) is 0 Å². The second kappa shape index (κ2) is 4.12. The van der Waals surface area contributed by atoms with Gasteiger partial charge in [-0.05, 0) is 32.1 Å². The zero-order valence-electron chi connectivity index (χ0n) is 9.59. The summed E-state index contributed by atoms with van der Waals surface area (Å²) in [6.07, 6.45) is 7.72. The minimum Gasteiger partial charge on any atom is -0.352 e. The van der Waals surface area contributed by atoms with E-state index in [1.54, 1.807) is 0 Å². The minimum absolute atomic E-state index is 0.0770. The zero-order valence-corrected chi connectivity index (χ0v) is 9.59. The van der Waals surface area contributed by atoms with Gasteiger partial charge in [-0.2, -0.15) is 0 Å². The highest BCUT2D eigenvalue weighted by Gasteiger charge is 2.37. The Morgan fingerprint density at radius 1 is 1.47 bits per heavy atom. The molecule has 2 aliphatic carbocycles. The summed E-state index contributed by atoms with van der Waals surface area (Å²) in [7, 11) is 0. The van der Waals surface area contributed by atoms with Crippen LogP contribution < -0.4 is 11.1 Å². The summed E-state index contributed by atoms with van der Waals surface area (Å²) in [6.45, 7) is 2.09. The molecule has 86 valence electrons. The first kappa shape index (κ1) is 10.9. The Bertz CT molecular complexity index is 242. The van der Waals surface area contributed by atoms with E-state index in [2.05, 4.69) is 12.2 Å². The third-order valence-corrected chi connectivity index (χ3v) is 3.71. The van der Waals surface area contributed by atoms with Crippen molar-refractivity contribution >= 4 is 5.91 Å². The molecule has 2 fully saturated rings. The lowest BCUT2D eigenvalue weighted by molar-refractivity contribution is -0.126. The van der Waals surface area contributed by atoms with Crippen LogP contribution in [0.5, 0.6) is 0 Å².